The van der Waals surface area contributed by atoms with Gasteiger partial charge < -0.3 is 28.7 Å². The standard InChI is InChI=1S/C29H33N5O5/c1-5-34-18-21(22-9-6-7-10-24(22)34)15-23(29(36)31-11-8-13-33-14-12-30-19-33)32-28(35)20-16-25(37-2)27(39-4)26(17-20)38-3/h6-7,9-10,12,14,16-19H,5,8,11,13,15H2,1-4H3,(H,31,36). The van der Waals surface area contributed by atoms with E-state index in [9.17, 15) is 9.59 Å². The third kappa shape index (κ3) is 6.28. The van der Waals surface area contributed by atoms with Gasteiger partial charge >= 0.3 is 0 Å². The van der Waals surface area contributed by atoms with Crippen molar-refractivity contribution in [2.45, 2.75) is 32.9 Å². The number of hydrogen-bond donors (Lipinski definition) is 1. The highest BCUT2D eigenvalue weighted by atomic mass is 16.5. The number of amides is 2. The van der Waals surface area contributed by atoms with Crippen molar-refractivity contribution in [1.82, 2.24) is 19.4 Å². The average molecular weight is 532 g/mol. The first kappa shape index (κ1) is 27.4. The summed E-state index contributed by atoms with van der Waals surface area (Å²) in [6.07, 6.45) is 8.21. The van der Waals surface area contributed by atoms with Crippen LogP contribution in [0.4, 0.5) is 0 Å². The van der Waals surface area contributed by atoms with Crippen molar-refractivity contribution in [3.05, 3.63) is 72.4 Å². The smallest absolute Gasteiger partial charge is 0.277 e. The molecule has 0 radical (unpaired) electrons. The molecule has 1 N–H and O–H groups in total. The van der Waals surface area contributed by atoms with Crippen LogP contribution in [0, 0.1) is 0 Å². The van der Waals surface area contributed by atoms with Gasteiger partial charge in [0.2, 0.25) is 5.75 Å². The first-order chi connectivity index (χ1) is 19.0. The monoisotopic (exact) mass is 531 g/mol. The number of carbonyl (C=O) groups is 2. The zero-order valence-electron chi connectivity index (χ0n) is 22.6. The zero-order chi connectivity index (χ0) is 27.8. The highest BCUT2D eigenvalue weighted by Gasteiger charge is 2.21. The van der Waals surface area contributed by atoms with E-state index in [0.717, 1.165) is 23.0 Å². The maximum absolute atomic E-state index is 13.4. The number of aromatic nitrogens is 3. The van der Waals surface area contributed by atoms with Gasteiger partial charge in [-0.15, -0.1) is 0 Å². The van der Waals surface area contributed by atoms with Crippen molar-refractivity contribution in [2.24, 2.45) is 4.99 Å². The summed E-state index contributed by atoms with van der Waals surface area (Å²) in [5, 5.41) is 3.94. The minimum absolute atomic E-state index is 0.121. The molecule has 2 amide bonds. The number of imidazole rings is 1. The van der Waals surface area contributed by atoms with E-state index in [-0.39, 0.29) is 17.7 Å². The van der Waals surface area contributed by atoms with E-state index in [2.05, 4.69) is 26.8 Å². The Morgan fingerprint density at radius 2 is 1.79 bits per heavy atom. The van der Waals surface area contributed by atoms with Crippen LogP contribution in [-0.4, -0.2) is 59.5 Å². The van der Waals surface area contributed by atoms with Crippen LogP contribution >= 0.6 is 0 Å². The normalized spacial score (nSPS) is 11.4. The molecule has 2 aromatic carbocycles. The van der Waals surface area contributed by atoms with Crippen molar-refractivity contribution in [1.29, 1.82) is 0 Å². The molecule has 10 nitrogen and oxygen atoms in total. The zero-order valence-corrected chi connectivity index (χ0v) is 22.6. The number of nitrogens with zero attached hydrogens (tertiary/aromatic N) is 4. The van der Waals surface area contributed by atoms with E-state index in [4.69, 9.17) is 14.2 Å². The Hall–Kier alpha value is -4.60. The van der Waals surface area contributed by atoms with E-state index >= 15 is 0 Å². The summed E-state index contributed by atoms with van der Waals surface area (Å²) < 4.78 is 20.2. The van der Waals surface area contributed by atoms with Gasteiger partial charge in [0, 0.05) is 61.1 Å². The van der Waals surface area contributed by atoms with Crippen LogP contribution in [0.5, 0.6) is 17.2 Å². The Bertz CT molecular complexity index is 1450. The van der Waals surface area contributed by atoms with Crippen molar-refractivity contribution >= 4 is 28.4 Å². The molecule has 0 saturated heterocycles. The molecule has 10 heteroatoms. The molecule has 0 spiro atoms. The second-order valence-corrected chi connectivity index (χ2v) is 8.82. The predicted octanol–water partition coefficient (Wildman–Crippen LogP) is 3.91. The van der Waals surface area contributed by atoms with E-state index in [1.165, 1.54) is 33.5 Å². The molecule has 0 aliphatic carbocycles. The minimum Gasteiger partial charge on any atom is -0.493 e. The van der Waals surface area contributed by atoms with Crippen molar-refractivity contribution in [2.75, 3.05) is 27.9 Å². The maximum Gasteiger partial charge on any atom is 0.277 e. The maximum atomic E-state index is 13.4. The Labute approximate surface area is 227 Å². The third-order valence-corrected chi connectivity index (χ3v) is 6.42. The highest BCUT2D eigenvalue weighted by Crippen LogP contribution is 2.38. The van der Waals surface area contributed by atoms with Crippen LogP contribution in [0.15, 0.2) is 66.3 Å². The lowest BCUT2D eigenvalue weighted by molar-refractivity contribution is -0.114. The predicted molar refractivity (Wildman–Crippen MR) is 149 cm³/mol. The molecule has 0 fully saturated rings. The second-order valence-electron chi connectivity index (χ2n) is 8.82. The van der Waals surface area contributed by atoms with Gasteiger partial charge in [0.1, 0.15) is 5.71 Å². The topological polar surface area (TPSA) is 109 Å². The fourth-order valence-electron chi connectivity index (χ4n) is 4.45. The summed E-state index contributed by atoms with van der Waals surface area (Å²) in [6.45, 7) is 3.97. The van der Waals surface area contributed by atoms with Gasteiger partial charge in [0.25, 0.3) is 11.8 Å². The average Bonchev–Trinajstić information content (AvgIpc) is 3.61. The summed E-state index contributed by atoms with van der Waals surface area (Å²) in [6, 6.07) is 11.0. The number of para-hydroxylation sites is 1. The quantitative estimate of drug-likeness (QED) is 0.219. The fraction of sp³-hybridized carbons (Fsp3) is 0.310. The number of fused-ring (bicyclic) bond motifs is 1. The SMILES string of the molecule is CCn1cc(CC(=NC(=O)c2cc(OC)c(OC)c(OC)c2)C(=O)NCCCn2ccnc2)c2ccccc21. The Kier molecular flexibility index (Phi) is 8.98. The van der Waals surface area contributed by atoms with Gasteiger partial charge in [0.05, 0.1) is 27.7 Å². The summed E-state index contributed by atoms with van der Waals surface area (Å²) in [5.74, 6) is 0.0365. The van der Waals surface area contributed by atoms with Crippen LogP contribution in [0.25, 0.3) is 10.9 Å². The molecule has 0 saturated carbocycles. The highest BCUT2D eigenvalue weighted by molar-refractivity contribution is 6.41. The van der Waals surface area contributed by atoms with Crippen LogP contribution < -0.4 is 19.5 Å². The molecule has 4 aromatic rings. The van der Waals surface area contributed by atoms with E-state index in [0.29, 0.717) is 36.8 Å². The number of methoxy groups -OCH3 is 3. The van der Waals surface area contributed by atoms with Gasteiger partial charge in [-0.25, -0.2) is 9.98 Å². The molecule has 2 aromatic heterocycles. The van der Waals surface area contributed by atoms with Gasteiger partial charge in [-0.3, -0.25) is 9.59 Å². The second kappa shape index (κ2) is 12.8. The first-order valence-electron chi connectivity index (χ1n) is 12.7. The molecule has 0 atom stereocenters. The molecule has 2 heterocycles. The first-order valence-corrected chi connectivity index (χ1v) is 12.7. The van der Waals surface area contributed by atoms with E-state index < -0.39 is 11.8 Å². The number of benzene rings is 2. The molecular formula is C29H33N5O5. The molecule has 0 bridgehead atoms. The summed E-state index contributed by atoms with van der Waals surface area (Å²) in [4.78, 5) is 35.0. The van der Waals surface area contributed by atoms with Crippen molar-refractivity contribution < 1.29 is 23.8 Å². The van der Waals surface area contributed by atoms with Crippen LogP contribution in [-0.2, 0) is 24.3 Å². The van der Waals surface area contributed by atoms with E-state index in [1.54, 1.807) is 12.5 Å². The lowest BCUT2D eigenvalue weighted by Crippen LogP contribution is -2.34. The lowest BCUT2D eigenvalue weighted by atomic mass is 10.1. The third-order valence-electron chi connectivity index (χ3n) is 6.42. The Morgan fingerprint density at radius 3 is 2.44 bits per heavy atom. The van der Waals surface area contributed by atoms with Crippen LogP contribution in [0.3, 0.4) is 0 Å². The number of carbonyl (C=O) groups excluding carboxylic acids is 2. The lowest BCUT2D eigenvalue weighted by Gasteiger charge is -2.13. The van der Waals surface area contributed by atoms with Crippen LogP contribution in [0.1, 0.15) is 29.3 Å². The molecule has 0 unspecified atom stereocenters. The number of hydrogen-bond acceptors (Lipinski definition) is 6. The molecule has 0 aliphatic heterocycles. The van der Waals surface area contributed by atoms with Gasteiger partial charge in [-0.1, -0.05) is 18.2 Å². The van der Waals surface area contributed by atoms with Gasteiger partial charge in [-0.05, 0) is 37.1 Å². The summed E-state index contributed by atoms with van der Waals surface area (Å²) >= 11 is 0. The van der Waals surface area contributed by atoms with Crippen molar-refractivity contribution in [3.8, 4) is 17.2 Å². The molecule has 0 aliphatic rings. The molecular weight excluding hydrogens is 498 g/mol. The van der Waals surface area contributed by atoms with Gasteiger partial charge in [-0.2, -0.15) is 0 Å². The summed E-state index contributed by atoms with van der Waals surface area (Å²) in [7, 11) is 4.43. The van der Waals surface area contributed by atoms with E-state index in [1.807, 2.05) is 41.2 Å². The summed E-state index contributed by atoms with van der Waals surface area (Å²) in [5.41, 5.74) is 2.31. The van der Waals surface area contributed by atoms with Gasteiger partial charge in [0.15, 0.2) is 11.5 Å². The molecule has 4 rings (SSSR count). The molecule has 39 heavy (non-hydrogen) atoms. The Balaban J connectivity index is 1.64. The number of aliphatic imine (C=N–C) groups is 1. The minimum atomic E-state index is -0.586. The van der Waals surface area contributed by atoms with Crippen molar-refractivity contribution in [3.63, 3.8) is 0 Å². The fourth-order valence-corrected chi connectivity index (χ4v) is 4.45. The number of rotatable bonds is 12. The number of nitrogens with one attached hydrogen (secondary N) is 1. The molecule has 204 valence electrons. The van der Waals surface area contributed by atoms with Crippen LogP contribution in [0.2, 0.25) is 0 Å². The number of ether oxygens (including phenoxy) is 3. The Morgan fingerprint density at radius 1 is 1.05 bits per heavy atom. The largest absolute Gasteiger partial charge is 0.493 e. The number of aryl methyl sites for hydroxylation is 2.